The number of carbonyl (C=O) groups excluding carboxylic acids is 2. The number of nitrogens with zero attached hydrogens (tertiary/aromatic N) is 1. The second kappa shape index (κ2) is 9.76. The van der Waals surface area contributed by atoms with Crippen molar-refractivity contribution in [3.8, 4) is 5.75 Å². The van der Waals surface area contributed by atoms with Gasteiger partial charge in [0.15, 0.2) is 0 Å². The molecule has 1 saturated heterocycles. The minimum Gasteiger partial charge on any atom is -0.493 e. The van der Waals surface area contributed by atoms with Gasteiger partial charge in [-0.15, -0.1) is 0 Å². The van der Waals surface area contributed by atoms with Crippen LogP contribution >= 0.6 is 0 Å². The molecular weight excluding hydrogens is 447 g/mol. The van der Waals surface area contributed by atoms with Crippen LogP contribution in [0.15, 0.2) is 36.2 Å². The van der Waals surface area contributed by atoms with E-state index in [1.807, 2.05) is 31.0 Å². The van der Waals surface area contributed by atoms with Gasteiger partial charge in [-0.3, -0.25) is 9.59 Å². The first-order valence-electron chi connectivity index (χ1n) is 12.6. The lowest BCUT2D eigenvalue weighted by Crippen LogP contribution is -2.47. The van der Waals surface area contributed by atoms with E-state index in [0.717, 1.165) is 35.4 Å². The minimum absolute atomic E-state index is 0.0190. The van der Waals surface area contributed by atoms with Gasteiger partial charge in [0.1, 0.15) is 11.6 Å². The molecule has 186 valence electrons. The molecule has 1 aromatic carbocycles. The quantitative estimate of drug-likeness (QED) is 0.561. The maximum Gasteiger partial charge on any atom is 0.255 e. The largest absolute Gasteiger partial charge is 0.493 e. The topological polar surface area (TPSA) is 86.5 Å². The molecular formula is C27H33FN4O3. The predicted molar refractivity (Wildman–Crippen MR) is 131 cm³/mol. The molecule has 0 radical (unpaired) electrons. The number of halogens is 1. The lowest BCUT2D eigenvalue weighted by atomic mass is 9.90. The van der Waals surface area contributed by atoms with Crippen LogP contribution in [0.2, 0.25) is 0 Å². The molecule has 1 aromatic heterocycles. The van der Waals surface area contributed by atoms with E-state index in [1.165, 1.54) is 25.0 Å². The molecule has 1 aliphatic carbocycles. The Morgan fingerprint density at radius 2 is 1.91 bits per heavy atom. The van der Waals surface area contributed by atoms with Gasteiger partial charge in [0.05, 0.1) is 23.9 Å². The highest BCUT2D eigenvalue weighted by Gasteiger charge is 2.33. The number of carbonyl (C=O) groups is 2. The Balaban J connectivity index is 1.34. The molecule has 3 N–H and O–H groups in total. The Hall–Kier alpha value is -3.29. The fraction of sp³-hybridized carbons (Fsp3) is 0.481. The van der Waals surface area contributed by atoms with E-state index in [2.05, 4.69) is 15.6 Å². The first-order valence-corrected chi connectivity index (χ1v) is 12.6. The number of amides is 2. The molecule has 2 aromatic rings. The van der Waals surface area contributed by atoms with Gasteiger partial charge in [0.2, 0.25) is 5.91 Å². The van der Waals surface area contributed by atoms with Crippen LogP contribution in [0.4, 0.5) is 4.39 Å². The minimum atomic E-state index is -0.332. The molecule has 1 unspecified atom stereocenters. The third-order valence-corrected chi connectivity index (χ3v) is 7.24. The zero-order valence-corrected chi connectivity index (χ0v) is 20.3. The first kappa shape index (κ1) is 23.5. The number of aromatic amines is 1. The number of rotatable bonds is 7. The van der Waals surface area contributed by atoms with Crippen LogP contribution in [0.1, 0.15) is 68.8 Å². The van der Waals surface area contributed by atoms with E-state index < -0.39 is 0 Å². The number of nitrogens with one attached hydrogen (secondary N) is 3. The highest BCUT2D eigenvalue weighted by molar-refractivity contribution is 6.20. The summed E-state index contributed by atoms with van der Waals surface area (Å²) in [5.74, 6) is 0.929. The van der Waals surface area contributed by atoms with Crippen LogP contribution in [-0.2, 0) is 9.59 Å². The van der Waals surface area contributed by atoms with Crippen molar-refractivity contribution < 1.29 is 18.7 Å². The summed E-state index contributed by atoms with van der Waals surface area (Å²) in [6, 6.07) is 6.25. The third kappa shape index (κ3) is 4.92. The SMILES string of the molecule is CCC(=O)N1CCC(NC(=O)C2=C(C)NC(c3cc(F)ccc3OCC3CC3)c3cc[nH]c32)CC1. The summed E-state index contributed by atoms with van der Waals surface area (Å²) < 4.78 is 20.4. The second-order valence-corrected chi connectivity index (χ2v) is 9.80. The zero-order valence-electron chi connectivity index (χ0n) is 20.3. The highest BCUT2D eigenvalue weighted by atomic mass is 19.1. The average Bonchev–Trinajstić information content (AvgIpc) is 3.57. The van der Waals surface area contributed by atoms with Gasteiger partial charge in [-0.25, -0.2) is 4.39 Å². The van der Waals surface area contributed by atoms with Gasteiger partial charge in [0, 0.05) is 48.6 Å². The zero-order chi connectivity index (χ0) is 24.5. The van der Waals surface area contributed by atoms with Gasteiger partial charge in [-0.05, 0) is 62.8 Å². The smallest absolute Gasteiger partial charge is 0.255 e. The maximum atomic E-state index is 14.3. The maximum absolute atomic E-state index is 14.3. The van der Waals surface area contributed by atoms with Gasteiger partial charge >= 0.3 is 0 Å². The number of benzene rings is 1. The van der Waals surface area contributed by atoms with Gasteiger partial charge < -0.3 is 25.3 Å². The van der Waals surface area contributed by atoms with Crippen molar-refractivity contribution in [1.29, 1.82) is 0 Å². The number of fused-ring (bicyclic) bond motifs is 1. The van der Waals surface area contributed by atoms with Crippen LogP contribution in [-0.4, -0.2) is 47.4 Å². The molecule has 3 aliphatic rings. The molecule has 0 spiro atoms. The van der Waals surface area contributed by atoms with Crippen molar-refractivity contribution in [2.45, 2.75) is 58.0 Å². The number of likely N-dealkylation sites (tertiary alicyclic amines) is 1. The van der Waals surface area contributed by atoms with E-state index in [1.54, 1.807) is 6.07 Å². The highest BCUT2D eigenvalue weighted by Crippen LogP contribution is 2.40. The third-order valence-electron chi connectivity index (χ3n) is 7.24. The number of hydrogen-bond acceptors (Lipinski definition) is 4. The van der Waals surface area contributed by atoms with Crippen molar-refractivity contribution in [1.82, 2.24) is 20.5 Å². The van der Waals surface area contributed by atoms with Gasteiger partial charge in [0.25, 0.3) is 5.91 Å². The normalized spacial score (nSPS) is 20.3. The average molecular weight is 481 g/mol. The van der Waals surface area contributed by atoms with Crippen LogP contribution in [0, 0.1) is 11.7 Å². The predicted octanol–water partition coefficient (Wildman–Crippen LogP) is 3.88. The Morgan fingerprint density at radius 3 is 2.63 bits per heavy atom. The molecule has 7 nitrogen and oxygen atoms in total. The van der Waals surface area contributed by atoms with Gasteiger partial charge in [-0.1, -0.05) is 6.92 Å². The Bertz CT molecular complexity index is 1150. The van der Waals surface area contributed by atoms with Crippen LogP contribution in [0.25, 0.3) is 5.57 Å². The van der Waals surface area contributed by atoms with Crippen LogP contribution in [0.5, 0.6) is 5.75 Å². The first-order chi connectivity index (χ1) is 16.9. The van der Waals surface area contributed by atoms with E-state index >= 15 is 0 Å². The van der Waals surface area contributed by atoms with Crippen molar-refractivity contribution >= 4 is 17.4 Å². The van der Waals surface area contributed by atoms with Crippen LogP contribution in [0.3, 0.4) is 0 Å². The lowest BCUT2D eigenvalue weighted by molar-refractivity contribution is -0.132. The monoisotopic (exact) mass is 480 g/mol. The molecule has 5 rings (SSSR count). The number of H-pyrrole nitrogens is 1. The van der Waals surface area contributed by atoms with E-state index in [-0.39, 0.29) is 29.7 Å². The fourth-order valence-electron chi connectivity index (χ4n) is 5.04. The Morgan fingerprint density at radius 1 is 1.14 bits per heavy atom. The number of hydrogen-bond donors (Lipinski definition) is 3. The summed E-state index contributed by atoms with van der Waals surface area (Å²) in [6.45, 7) is 5.70. The van der Waals surface area contributed by atoms with E-state index in [9.17, 15) is 14.0 Å². The van der Waals surface area contributed by atoms with Gasteiger partial charge in [-0.2, -0.15) is 0 Å². The summed E-state index contributed by atoms with van der Waals surface area (Å²) >= 11 is 0. The molecule has 2 amide bonds. The Kier molecular flexibility index (Phi) is 6.54. The summed E-state index contributed by atoms with van der Waals surface area (Å²) in [6.07, 6.45) is 6.14. The fourth-order valence-corrected chi connectivity index (χ4v) is 5.04. The van der Waals surface area contributed by atoms with Crippen LogP contribution < -0.4 is 15.4 Å². The molecule has 1 atom stereocenters. The van der Waals surface area contributed by atoms with Crippen molar-refractivity contribution in [2.24, 2.45) is 5.92 Å². The summed E-state index contributed by atoms with van der Waals surface area (Å²) in [4.78, 5) is 30.4. The summed E-state index contributed by atoms with van der Waals surface area (Å²) in [7, 11) is 0. The Labute approximate surface area is 205 Å². The molecule has 2 aliphatic heterocycles. The number of piperidine rings is 1. The van der Waals surface area contributed by atoms with Crippen molar-refractivity contribution in [3.05, 3.63) is 58.8 Å². The molecule has 2 fully saturated rings. The molecule has 35 heavy (non-hydrogen) atoms. The number of allylic oxidation sites excluding steroid dienone is 1. The van der Waals surface area contributed by atoms with E-state index in [4.69, 9.17) is 4.74 Å². The molecule has 1 saturated carbocycles. The number of aromatic nitrogens is 1. The van der Waals surface area contributed by atoms with E-state index in [0.29, 0.717) is 43.4 Å². The van der Waals surface area contributed by atoms with Crippen molar-refractivity contribution in [2.75, 3.05) is 19.7 Å². The molecule has 8 heteroatoms. The molecule has 3 heterocycles. The lowest BCUT2D eigenvalue weighted by Gasteiger charge is -2.33. The number of ether oxygens (including phenoxy) is 1. The second-order valence-electron chi connectivity index (χ2n) is 9.80. The summed E-state index contributed by atoms with van der Waals surface area (Å²) in [5.41, 5.74) is 3.62. The summed E-state index contributed by atoms with van der Waals surface area (Å²) in [5, 5.41) is 6.61. The standard InChI is InChI=1S/C27H33FN4O3/c1-3-23(33)32-12-9-19(10-13-32)31-27(34)24-16(2)30-25(20-8-11-29-26(20)24)21-14-18(28)6-7-22(21)35-15-17-4-5-17/h6-8,11,14,17,19,25,29-30H,3-5,9-10,12-13,15H2,1-2H3,(H,31,34). The molecule has 0 bridgehead atoms. The van der Waals surface area contributed by atoms with Crippen molar-refractivity contribution in [3.63, 3.8) is 0 Å².